The molecule has 0 spiro atoms. The number of aliphatic hydroxyl groups is 2. The minimum absolute atomic E-state index is 0.0499. The summed E-state index contributed by atoms with van der Waals surface area (Å²) >= 11 is 0. The van der Waals surface area contributed by atoms with Crippen molar-refractivity contribution in [3.05, 3.63) is 24.3 Å². The van der Waals surface area contributed by atoms with Gasteiger partial charge in [0, 0.05) is 25.0 Å². The molecule has 7 heteroatoms. The number of nitrogens with zero attached hydrogens (tertiary/aromatic N) is 2. The predicted octanol–water partition coefficient (Wildman–Crippen LogP) is -1.58. The lowest BCUT2D eigenvalue weighted by atomic mass is 10.1. The molecular weight excluding hydrogens is 220 g/mol. The first-order valence-corrected chi connectivity index (χ1v) is 5.21. The molecule has 0 aliphatic heterocycles. The molecule has 1 heterocycles. The van der Waals surface area contributed by atoms with Crippen LogP contribution in [0.5, 0.6) is 0 Å². The van der Waals surface area contributed by atoms with Gasteiger partial charge in [0.25, 0.3) is 0 Å². The largest absolute Gasteiger partial charge is 0.393 e. The normalized spacial score (nSPS) is 12.1. The van der Waals surface area contributed by atoms with E-state index in [9.17, 15) is 13.5 Å². The molecule has 1 aromatic rings. The molecule has 0 saturated heterocycles. The zero-order chi connectivity index (χ0) is 11.3. The van der Waals surface area contributed by atoms with E-state index < -0.39 is 23.0 Å². The molecule has 15 heavy (non-hydrogen) atoms. The molecule has 82 valence electrons. The van der Waals surface area contributed by atoms with Gasteiger partial charge < -0.3 is 10.2 Å². The lowest BCUT2D eigenvalue weighted by Gasteiger charge is -2.06. The van der Waals surface area contributed by atoms with Crippen LogP contribution in [0.1, 0.15) is 5.69 Å². The number of aromatic nitrogens is 2. The van der Waals surface area contributed by atoms with Gasteiger partial charge in [-0.1, -0.05) is 0 Å². The summed E-state index contributed by atoms with van der Waals surface area (Å²) in [5.41, 5.74) is 0.421. The fourth-order valence-corrected chi connectivity index (χ4v) is 1.55. The van der Waals surface area contributed by atoms with E-state index >= 15 is 0 Å². The zero-order valence-corrected chi connectivity index (χ0v) is 8.55. The third kappa shape index (κ3) is 3.39. The van der Waals surface area contributed by atoms with Gasteiger partial charge in [0.15, 0.2) is 0 Å². The van der Waals surface area contributed by atoms with E-state index in [-0.39, 0.29) is 11.3 Å². The summed E-state index contributed by atoms with van der Waals surface area (Å²) in [7, 11) is -2.54. The average Bonchev–Trinajstić information content (AvgIpc) is 2.26. The maximum absolute atomic E-state index is 10.7. The minimum atomic E-state index is -2.54. The van der Waals surface area contributed by atoms with E-state index in [4.69, 9.17) is 5.11 Å². The van der Waals surface area contributed by atoms with Crippen molar-refractivity contribution >= 4 is 15.2 Å². The Morgan fingerprint density at radius 3 is 2.67 bits per heavy atom. The molecule has 1 atom stereocenters. The van der Waals surface area contributed by atoms with Crippen molar-refractivity contribution in [1.29, 1.82) is 0 Å². The van der Waals surface area contributed by atoms with Crippen LogP contribution in [0.15, 0.2) is 18.6 Å². The molecule has 0 fully saturated rings. The zero-order valence-electron chi connectivity index (χ0n) is 7.74. The Kier molecular flexibility index (Phi) is 4.35. The first kappa shape index (κ1) is 11.8. The summed E-state index contributed by atoms with van der Waals surface area (Å²) in [6.07, 6.45) is 2.85. The Labute approximate surface area is 87.8 Å². The Morgan fingerprint density at radius 1 is 1.47 bits per heavy atom. The third-order valence-corrected chi connectivity index (χ3v) is 2.58. The molecule has 0 amide bonds. The highest BCUT2D eigenvalue weighted by molar-refractivity contribution is 7.73. The monoisotopic (exact) mass is 230 g/mol. The number of rotatable bonds is 4. The maximum atomic E-state index is 10.7. The number of aliphatic hydroxyl groups excluding tert-OH is 2. The Hall–Kier alpha value is -1.31. The van der Waals surface area contributed by atoms with Crippen molar-refractivity contribution in [2.24, 2.45) is 0 Å². The first-order valence-electron chi connectivity index (χ1n) is 4.14. The van der Waals surface area contributed by atoms with Crippen molar-refractivity contribution in [3.8, 4) is 0 Å². The van der Waals surface area contributed by atoms with Crippen molar-refractivity contribution in [1.82, 2.24) is 9.97 Å². The van der Waals surface area contributed by atoms with Gasteiger partial charge in [-0.3, -0.25) is 9.97 Å². The van der Waals surface area contributed by atoms with Crippen molar-refractivity contribution in [2.45, 2.75) is 12.5 Å². The maximum Gasteiger partial charge on any atom is 0.216 e. The Bertz CT molecular complexity index is 435. The highest BCUT2D eigenvalue weighted by atomic mass is 32.2. The highest BCUT2D eigenvalue weighted by Crippen LogP contribution is 1.97. The van der Waals surface area contributed by atoms with E-state index in [1.807, 2.05) is 0 Å². The summed E-state index contributed by atoms with van der Waals surface area (Å²) in [5.74, 6) is 0. The number of hydrogen-bond acceptors (Lipinski definition) is 6. The van der Waals surface area contributed by atoms with Gasteiger partial charge in [-0.2, -0.15) is 8.42 Å². The molecule has 1 aromatic heterocycles. The molecule has 0 saturated carbocycles. The average molecular weight is 230 g/mol. The summed E-state index contributed by atoms with van der Waals surface area (Å²) in [4.78, 5) is 7.43. The molecule has 0 aliphatic rings. The van der Waals surface area contributed by atoms with E-state index in [1.165, 1.54) is 18.6 Å². The van der Waals surface area contributed by atoms with E-state index in [1.54, 1.807) is 0 Å². The van der Waals surface area contributed by atoms with Crippen LogP contribution in [0.3, 0.4) is 0 Å². The molecule has 0 bridgehead atoms. The molecule has 2 N–H and O–H groups in total. The molecule has 0 aliphatic carbocycles. The van der Waals surface area contributed by atoms with E-state index in [0.29, 0.717) is 5.69 Å². The minimum Gasteiger partial charge on any atom is -0.393 e. The van der Waals surface area contributed by atoms with Gasteiger partial charge in [0.1, 0.15) is 6.10 Å². The van der Waals surface area contributed by atoms with Gasteiger partial charge in [-0.15, -0.1) is 0 Å². The summed E-state index contributed by atoms with van der Waals surface area (Å²) < 4.78 is 21.5. The molecule has 0 aromatic carbocycles. The van der Waals surface area contributed by atoms with Gasteiger partial charge in [0.05, 0.1) is 17.2 Å². The quantitative estimate of drug-likeness (QED) is 0.606. The Morgan fingerprint density at radius 2 is 2.20 bits per heavy atom. The van der Waals surface area contributed by atoms with Crippen LogP contribution in [0, 0.1) is 0 Å². The smallest absolute Gasteiger partial charge is 0.216 e. The van der Waals surface area contributed by atoms with Crippen LogP contribution in [-0.4, -0.2) is 46.2 Å². The van der Waals surface area contributed by atoms with E-state index in [2.05, 4.69) is 9.97 Å². The van der Waals surface area contributed by atoms with Crippen molar-refractivity contribution in [3.63, 3.8) is 0 Å². The summed E-state index contributed by atoms with van der Waals surface area (Å²) in [5, 5.41) is 17.9. The van der Waals surface area contributed by atoms with Gasteiger partial charge in [-0.05, 0) is 0 Å². The van der Waals surface area contributed by atoms with Crippen LogP contribution in [0.4, 0.5) is 0 Å². The summed E-state index contributed by atoms with van der Waals surface area (Å²) in [6, 6.07) is 0. The molecule has 6 nitrogen and oxygen atoms in total. The fraction of sp³-hybridized carbons (Fsp3) is 0.375. The first-order chi connectivity index (χ1) is 7.15. The Balaban J connectivity index is 2.93. The van der Waals surface area contributed by atoms with Gasteiger partial charge >= 0.3 is 0 Å². The van der Waals surface area contributed by atoms with Crippen LogP contribution in [0.2, 0.25) is 0 Å². The molecular formula is C8H10N2O4S. The summed E-state index contributed by atoms with van der Waals surface area (Å²) in [6.45, 7) is -0.635. The second-order valence-corrected chi connectivity index (χ2v) is 3.77. The lowest BCUT2D eigenvalue weighted by Crippen LogP contribution is -2.27. The van der Waals surface area contributed by atoms with Crippen molar-refractivity contribution < 1.29 is 18.6 Å². The lowest BCUT2D eigenvalue weighted by molar-refractivity contribution is 0.145. The van der Waals surface area contributed by atoms with Gasteiger partial charge in [-0.25, -0.2) is 0 Å². The third-order valence-electron chi connectivity index (χ3n) is 1.73. The molecule has 0 radical (unpaired) electrons. The van der Waals surface area contributed by atoms with E-state index in [0.717, 1.165) is 0 Å². The second kappa shape index (κ2) is 5.54. The molecule has 1 unspecified atom stereocenters. The van der Waals surface area contributed by atoms with Crippen molar-refractivity contribution in [2.75, 3.05) is 6.61 Å². The molecule has 1 rings (SSSR count). The standard InChI is InChI=1S/C8H10N2O4S/c11-5-7(12)8(15(13)14)3-6-4-9-1-2-10-6/h1-2,4,7,11-12H,3,5H2. The van der Waals surface area contributed by atoms with Crippen LogP contribution in [0.25, 0.3) is 0 Å². The van der Waals surface area contributed by atoms with Crippen LogP contribution >= 0.6 is 0 Å². The van der Waals surface area contributed by atoms with Crippen LogP contribution < -0.4 is 0 Å². The predicted molar refractivity (Wildman–Crippen MR) is 52.8 cm³/mol. The van der Waals surface area contributed by atoms with Crippen LogP contribution in [-0.2, 0) is 16.7 Å². The van der Waals surface area contributed by atoms with Gasteiger partial charge in [0.2, 0.25) is 10.3 Å². The highest BCUT2D eigenvalue weighted by Gasteiger charge is 2.14. The second-order valence-electron chi connectivity index (χ2n) is 2.77. The fourth-order valence-electron chi connectivity index (χ4n) is 0.989. The number of hydrogen-bond donors (Lipinski definition) is 2. The topological polar surface area (TPSA) is 100 Å². The SMILES string of the molecule is O=S(=O)=C(Cc1cnccn1)C(O)CO.